The van der Waals surface area contributed by atoms with Gasteiger partial charge >= 0.3 is 0 Å². The highest BCUT2D eigenvalue weighted by Gasteiger charge is 2.11. The van der Waals surface area contributed by atoms with Crippen molar-refractivity contribution < 1.29 is 9.53 Å². The number of rotatable bonds is 4. The van der Waals surface area contributed by atoms with E-state index >= 15 is 0 Å². The van der Waals surface area contributed by atoms with E-state index in [4.69, 9.17) is 4.74 Å². The van der Waals surface area contributed by atoms with E-state index in [0.29, 0.717) is 10.6 Å². The molecule has 21 heavy (non-hydrogen) atoms. The molecule has 3 rings (SSSR count). The van der Waals surface area contributed by atoms with E-state index in [-0.39, 0.29) is 0 Å². The largest absolute Gasteiger partial charge is 0.496 e. The number of methoxy groups -OCH3 is 1. The van der Waals surface area contributed by atoms with Crippen molar-refractivity contribution >= 4 is 29.0 Å². The molecule has 1 heterocycles. The Morgan fingerprint density at radius 1 is 1.10 bits per heavy atom. The van der Waals surface area contributed by atoms with E-state index in [1.165, 1.54) is 11.8 Å². The molecule has 0 amide bonds. The maximum absolute atomic E-state index is 11.3. The molecule has 0 saturated heterocycles. The number of carbonyl (C=O) groups excluding carboxylic acids is 1. The highest BCUT2D eigenvalue weighted by atomic mass is 32.2. The molecule has 0 bridgehead atoms. The number of nitrogens with zero attached hydrogens (tertiary/aromatic N) is 1. The topological polar surface area (TPSA) is 39.2 Å². The van der Waals surface area contributed by atoms with E-state index in [1.807, 2.05) is 54.6 Å². The van der Waals surface area contributed by atoms with Gasteiger partial charge in [-0.2, -0.15) is 0 Å². The zero-order valence-electron chi connectivity index (χ0n) is 11.4. The van der Waals surface area contributed by atoms with Crippen LogP contribution in [-0.2, 0) is 0 Å². The molecular formula is C17H13NO2S. The van der Waals surface area contributed by atoms with Crippen LogP contribution in [0.15, 0.2) is 64.5 Å². The molecule has 2 aromatic carbocycles. The van der Waals surface area contributed by atoms with Crippen LogP contribution in [0.2, 0.25) is 0 Å². The number of aldehydes is 1. The summed E-state index contributed by atoms with van der Waals surface area (Å²) >= 11 is 1.44. The van der Waals surface area contributed by atoms with Crippen LogP contribution in [0, 0.1) is 0 Å². The average molecular weight is 295 g/mol. The number of aromatic nitrogens is 1. The number of hydrogen-bond acceptors (Lipinski definition) is 4. The molecule has 0 N–H and O–H groups in total. The van der Waals surface area contributed by atoms with Gasteiger partial charge in [-0.15, -0.1) is 0 Å². The van der Waals surface area contributed by atoms with Gasteiger partial charge in [0.25, 0.3) is 0 Å². The lowest BCUT2D eigenvalue weighted by atomic mass is 10.2. The van der Waals surface area contributed by atoms with Crippen molar-refractivity contribution in [1.82, 2.24) is 4.98 Å². The minimum atomic E-state index is 0.588. The third-order valence-electron chi connectivity index (χ3n) is 3.12. The molecule has 0 fully saturated rings. The molecule has 0 aliphatic heterocycles. The highest BCUT2D eigenvalue weighted by Crippen LogP contribution is 2.35. The second kappa shape index (κ2) is 5.97. The van der Waals surface area contributed by atoms with Crippen LogP contribution >= 0.6 is 11.8 Å². The van der Waals surface area contributed by atoms with Gasteiger partial charge in [-0.1, -0.05) is 42.1 Å². The Balaban J connectivity index is 2.09. The molecule has 0 radical (unpaired) electrons. The summed E-state index contributed by atoms with van der Waals surface area (Å²) in [7, 11) is 1.63. The minimum Gasteiger partial charge on any atom is -0.496 e. The van der Waals surface area contributed by atoms with E-state index in [0.717, 1.165) is 27.8 Å². The normalized spacial score (nSPS) is 10.5. The predicted molar refractivity (Wildman–Crippen MR) is 84.2 cm³/mol. The lowest BCUT2D eigenvalue weighted by Crippen LogP contribution is -1.92. The van der Waals surface area contributed by atoms with Crippen molar-refractivity contribution in [2.45, 2.75) is 9.92 Å². The van der Waals surface area contributed by atoms with Crippen LogP contribution < -0.4 is 4.74 Å². The lowest BCUT2D eigenvalue weighted by Gasteiger charge is -2.09. The first-order chi connectivity index (χ1) is 10.3. The summed E-state index contributed by atoms with van der Waals surface area (Å²) < 4.78 is 5.34. The molecule has 3 aromatic rings. The van der Waals surface area contributed by atoms with Gasteiger partial charge in [0, 0.05) is 10.9 Å². The number of carbonyl (C=O) groups is 1. The van der Waals surface area contributed by atoms with Crippen molar-refractivity contribution in [3.8, 4) is 5.75 Å². The molecule has 104 valence electrons. The summed E-state index contributed by atoms with van der Waals surface area (Å²) in [5.74, 6) is 0.773. The Bertz CT molecular complexity index is 802. The van der Waals surface area contributed by atoms with Gasteiger partial charge in [-0.3, -0.25) is 4.79 Å². The maximum atomic E-state index is 11.3. The number of ether oxygens (including phenoxy) is 1. The minimum absolute atomic E-state index is 0.588. The Hall–Kier alpha value is -2.33. The molecule has 0 spiro atoms. The van der Waals surface area contributed by atoms with Crippen LogP contribution in [0.1, 0.15) is 10.4 Å². The zero-order chi connectivity index (χ0) is 14.7. The fraction of sp³-hybridized carbons (Fsp3) is 0.0588. The summed E-state index contributed by atoms with van der Waals surface area (Å²) in [5, 5.41) is 1.65. The predicted octanol–water partition coefficient (Wildman–Crippen LogP) is 4.21. The molecule has 4 heteroatoms. The van der Waals surface area contributed by atoms with Gasteiger partial charge < -0.3 is 4.74 Å². The first-order valence-electron chi connectivity index (χ1n) is 6.47. The van der Waals surface area contributed by atoms with E-state index < -0.39 is 0 Å². The van der Waals surface area contributed by atoms with E-state index in [2.05, 4.69) is 4.98 Å². The number of hydrogen-bond donors (Lipinski definition) is 0. The third kappa shape index (κ3) is 2.76. The summed E-state index contributed by atoms with van der Waals surface area (Å²) in [6, 6.07) is 17.3. The Morgan fingerprint density at radius 3 is 2.67 bits per heavy atom. The smallest absolute Gasteiger partial charge is 0.152 e. The molecular weight excluding hydrogens is 282 g/mol. The van der Waals surface area contributed by atoms with Crippen molar-refractivity contribution in [2.24, 2.45) is 0 Å². The number of fused-ring (bicyclic) bond motifs is 1. The quantitative estimate of drug-likeness (QED) is 0.676. The number of benzene rings is 2. The van der Waals surface area contributed by atoms with Gasteiger partial charge in [-0.05, 0) is 24.3 Å². The number of para-hydroxylation sites is 2. The van der Waals surface area contributed by atoms with Crippen LogP contribution in [0.3, 0.4) is 0 Å². The molecule has 0 atom stereocenters. The summed E-state index contributed by atoms with van der Waals surface area (Å²) in [6.45, 7) is 0. The molecule has 3 nitrogen and oxygen atoms in total. The molecule has 0 saturated carbocycles. The van der Waals surface area contributed by atoms with E-state index in [9.17, 15) is 4.79 Å². The van der Waals surface area contributed by atoms with Crippen molar-refractivity contribution in [2.75, 3.05) is 7.11 Å². The van der Waals surface area contributed by atoms with Gasteiger partial charge in [0.15, 0.2) is 6.29 Å². The second-order valence-electron chi connectivity index (χ2n) is 4.45. The van der Waals surface area contributed by atoms with Gasteiger partial charge in [-0.25, -0.2) is 4.98 Å². The SMILES string of the molecule is COc1ccccc1Sc1nc2ccccc2cc1C=O. The fourth-order valence-corrected chi connectivity index (χ4v) is 3.06. The molecule has 0 aliphatic rings. The first kappa shape index (κ1) is 13.6. The Labute approximate surface area is 127 Å². The third-order valence-corrected chi connectivity index (χ3v) is 4.20. The monoisotopic (exact) mass is 295 g/mol. The summed E-state index contributed by atoms with van der Waals surface area (Å²) in [6.07, 6.45) is 0.844. The fourth-order valence-electron chi connectivity index (χ4n) is 2.09. The van der Waals surface area contributed by atoms with Gasteiger partial charge in [0.1, 0.15) is 10.8 Å². The summed E-state index contributed by atoms with van der Waals surface area (Å²) in [4.78, 5) is 16.9. The zero-order valence-corrected chi connectivity index (χ0v) is 12.3. The maximum Gasteiger partial charge on any atom is 0.152 e. The first-order valence-corrected chi connectivity index (χ1v) is 7.29. The van der Waals surface area contributed by atoms with Crippen molar-refractivity contribution in [1.29, 1.82) is 0 Å². The van der Waals surface area contributed by atoms with Crippen LogP contribution in [-0.4, -0.2) is 18.4 Å². The van der Waals surface area contributed by atoms with E-state index in [1.54, 1.807) is 7.11 Å². The number of pyridine rings is 1. The molecule has 0 aliphatic carbocycles. The average Bonchev–Trinajstić information content (AvgIpc) is 2.54. The summed E-state index contributed by atoms with van der Waals surface area (Å²) in [5.41, 5.74) is 1.46. The molecule has 1 aromatic heterocycles. The van der Waals surface area contributed by atoms with Crippen molar-refractivity contribution in [3.05, 3.63) is 60.2 Å². The Kier molecular flexibility index (Phi) is 3.88. The Morgan fingerprint density at radius 2 is 1.86 bits per heavy atom. The molecule has 0 unspecified atom stereocenters. The second-order valence-corrected chi connectivity index (χ2v) is 5.48. The van der Waals surface area contributed by atoms with Gasteiger partial charge in [0.2, 0.25) is 0 Å². The van der Waals surface area contributed by atoms with Crippen LogP contribution in [0.25, 0.3) is 10.9 Å². The lowest BCUT2D eigenvalue weighted by molar-refractivity contribution is 0.112. The van der Waals surface area contributed by atoms with Crippen LogP contribution in [0.4, 0.5) is 0 Å². The standard InChI is InChI=1S/C17H13NO2S/c1-20-15-8-4-5-9-16(15)21-17-13(11-19)10-12-6-2-3-7-14(12)18-17/h2-11H,1H3. The highest BCUT2D eigenvalue weighted by molar-refractivity contribution is 7.99. The van der Waals surface area contributed by atoms with Crippen LogP contribution in [0.5, 0.6) is 5.75 Å². The van der Waals surface area contributed by atoms with Gasteiger partial charge in [0.05, 0.1) is 17.5 Å². The van der Waals surface area contributed by atoms with Crippen molar-refractivity contribution in [3.63, 3.8) is 0 Å².